The van der Waals surface area contributed by atoms with E-state index in [2.05, 4.69) is 0 Å². The molecule has 0 rings (SSSR count). The molecule has 0 unspecified atom stereocenters. The fourth-order valence-electron chi connectivity index (χ4n) is 0. The summed E-state index contributed by atoms with van der Waals surface area (Å²) in [6.07, 6.45) is 0. The third-order valence-corrected chi connectivity index (χ3v) is 0. The first-order valence-electron chi connectivity index (χ1n) is 0. The van der Waals surface area contributed by atoms with Crippen molar-refractivity contribution in [2.24, 2.45) is 0 Å². The van der Waals surface area contributed by atoms with Gasteiger partial charge in [-0.15, -0.1) is 0 Å². The molecule has 4 heavy (non-hydrogen) atoms. The zero-order valence-electron chi connectivity index (χ0n) is 7.01. The van der Waals surface area contributed by atoms with Crippen LogP contribution in [0.5, 0.6) is 0 Å². The van der Waals surface area contributed by atoms with Crippen LogP contribution in [0.3, 0.4) is 0 Å². The molecule has 0 aromatic carbocycles. The molecule has 0 N–H and O–H groups in total. The Hall–Kier alpha value is 5.64. The predicted octanol–water partition coefficient (Wildman–Crippen LogP) is -5.93. The molecule has 0 atom stereocenters. The second kappa shape index (κ2) is 15.9. The molecule has 0 aromatic heterocycles. The van der Waals surface area contributed by atoms with E-state index in [0.717, 1.165) is 0 Å². The minimum absolute atomic E-state index is 0. The van der Waals surface area contributed by atoms with Crippen molar-refractivity contribution in [3.8, 4) is 0 Å². The Kier molecular flexibility index (Phi) is 89.7. The minimum Gasteiger partial charge on any atom is -1.00 e. The van der Waals surface area contributed by atoms with Gasteiger partial charge >= 0.3 is 165 Å². The Morgan fingerprint density at radius 2 is 1.25 bits per heavy atom. The fraction of sp³-hybridized carbons (Fsp3) is 0. The van der Waals surface area contributed by atoms with Crippen LogP contribution >= 0.6 is 0 Å². The van der Waals surface area contributed by atoms with E-state index in [1.54, 1.807) is 0 Å². The summed E-state index contributed by atoms with van der Waals surface area (Å²) in [6, 6.07) is 0. The van der Waals surface area contributed by atoms with Crippen LogP contribution in [-0.4, -0.2) is 37.7 Å². The van der Waals surface area contributed by atoms with Gasteiger partial charge in [-0.1, -0.05) is 0 Å². The molecular formula is H4CaCsCuRb. The van der Waals surface area contributed by atoms with E-state index >= 15 is 0 Å². The van der Waals surface area contributed by atoms with Gasteiger partial charge in [0.2, 0.25) is 0 Å². The summed E-state index contributed by atoms with van der Waals surface area (Å²) in [6.45, 7) is 0. The average molecular weight is 326 g/mol. The first kappa shape index (κ1) is 22.6. The van der Waals surface area contributed by atoms with E-state index in [0.29, 0.717) is 0 Å². The Morgan fingerprint density at radius 1 is 1.25 bits per heavy atom. The standard InChI is InChI=1S/Ca.Cs.Cu.Rb.4H/q+2;+1;;+1;4*-1. The van der Waals surface area contributed by atoms with Crippen LogP contribution in [-0.2, 0) is 17.1 Å². The van der Waals surface area contributed by atoms with Crippen LogP contribution in [0.2, 0.25) is 0 Å². The van der Waals surface area contributed by atoms with Crippen molar-refractivity contribution in [3.63, 3.8) is 0 Å². The van der Waals surface area contributed by atoms with Gasteiger partial charge in [-0.25, -0.2) is 0 Å². The SMILES string of the molecule is [Ca+2].[Cs+].[Cu].[H-].[H-].[H-].[H-].[Rb+]. The van der Waals surface area contributed by atoms with Gasteiger partial charge in [-0.3, -0.25) is 0 Å². The Bertz CT molecular complexity index is 16.0. The molecule has 0 saturated heterocycles. The van der Waals surface area contributed by atoms with Crippen LogP contribution in [0.4, 0.5) is 0 Å². The van der Waals surface area contributed by atoms with Crippen LogP contribution in [0, 0.1) is 0 Å². The van der Waals surface area contributed by atoms with Gasteiger partial charge in [-0.05, 0) is 0 Å². The van der Waals surface area contributed by atoms with Gasteiger partial charge in [0.25, 0.3) is 0 Å². The van der Waals surface area contributed by atoms with Crippen molar-refractivity contribution in [1.29, 1.82) is 0 Å². The van der Waals surface area contributed by atoms with Crippen molar-refractivity contribution in [2.45, 2.75) is 0 Å². The largest absolute Gasteiger partial charge is 2.00 e. The van der Waals surface area contributed by atoms with Gasteiger partial charge in [-0.2, -0.15) is 0 Å². The molecule has 0 aliphatic carbocycles. The molecule has 1 radical (unpaired) electrons. The first-order valence-corrected chi connectivity index (χ1v) is 0. The van der Waals surface area contributed by atoms with Crippen molar-refractivity contribution >= 4 is 37.7 Å². The monoisotopic (exact) mass is 325 g/mol. The second-order valence-electron chi connectivity index (χ2n) is 0. The Morgan fingerprint density at radius 3 is 1.25 bits per heavy atom. The van der Waals surface area contributed by atoms with E-state index < -0.39 is 0 Å². The number of hydrogen-bond acceptors (Lipinski definition) is 0. The van der Waals surface area contributed by atoms with E-state index in [1.165, 1.54) is 0 Å². The Labute approximate surface area is 181 Å². The first-order chi connectivity index (χ1) is 0. The van der Waals surface area contributed by atoms with E-state index in [4.69, 9.17) is 0 Å². The summed E-state index contributed by atoms with van der Waals surface area (Å²) in [7, 11) is 0. The van der Waals surface area contributed by atoms with Crippen LogP contribution in [0.15, 0.2) is 0 Å². The van der Waals surface area contributed by atoms with Gasteiger partial charge in [0, 0.05) is 17.1 Å². The van der Waals surface area contributed by atoms with Gasteiger partial charge in [0.05, 0.1) is 0 Å². The minimum atomic E-state index is 0. The van der Waals surface area contributed by atoms with Crippen LogP contribution < -0.4 is 127 Å². The zero-order valence-corrected chi connectivity index (χ0v) is 17.4. The van der Waals surface area contributed by atoms with Crippen molar-refractivity contribution in [3.05, 3.63) is 0 Å². The molecule has 0 aliphatic heterocycles. The predicted molar refractivity (Wildman–Crippen MR) is 10.2 cm³/mol. The fourth-order valence-corrected chi connectivity index (χ4v) is 0. The van der Waals surface area contributed by atoms with Crippen LogP contribution in [0.25, 0.3) is 0 Å². The normalized spacial score (nSPS) is 0. The van der Waals surface area contributed by atoms with Crippen molar-refractivity contribution in [1.82, 2.24) is 0 Å². The Balaban J connectivity index is 0. The summed E-state index contributed by atoms with van der Waals surface area (Å²) < 4.78 is 0. The van der Waals surface area contributed by atoms with Crippen molar-refractivity contribution in [2.75, 3.05) is 0 Å². The quantitative estimate of drug-likeness (QED) is 0.389. The average Bonchev–Trinajstić information content (AvgIpc) is 0. The van der Waals surface area contributed by atoms with E-state index in [-0.39, 0.29) is 188 Å². The molecule has 0 heterocycles. The maximum absolute atomic E-state index is 0. The maximum atomic E-state index is 0. The van der Waals surface area contributed by atoms with E-state index in [1.807, 2.05) is 0 Å². The number of rotatable bonds is 0. The third kappa shape index (κ3) is 10.6. The third-order valence-electron chi connectivity index (χ3n) is 0. The van der Waals surface area contributed by atoms with Crippen molar-refractivity contribution < 1.29 is 150 Å². The summed E-state index contributed by atoms with van der Waals surface area (Å²) in [4.78, 5) is 0. The van der Waals surface area contributed by atoms with Gasteiger partial charge < -0.3 is 5.71 Å². The molecule has 0 spiro atoms. The number of hydrogen-bond donors (Lipinski definition) is 0. The zero-order chi connectivity index (χ0) is 0. The summed E-state index contributed by atoms with van der Waals surface area (Å²) in [5.41, 5.74) is 0. The summed E-state index contributed by atoms with van der Waals surface area (Å²) in [5.74, 6) is 0. The molecule has 0 aliphatic rings. The molecule has 0 nitrogen and oxygen atoms in total. The molecule has 0 amide bonds. The topological polar surface area (TPSA) is 0 Å². The maximum Gasteiger partial charge on any atom is 2.00 e. The summed E-state index contributed by atoms with van der Waals surface area (Å²) in [5, 5.41) is 0. The molecule has 19 valence electrons. The van der Waals surface area contributed by atoms with Crippen LogP contribution in [0.1, 0.15) is 5.71 Å². The molecule has 0 aromatic rings. The molecule has 0 saturated carbocycles. The molecular weight excluding hydrogens is 322 g/mol. The molecule has 0 bridgehead atoms. The summed E-state index contributed by atoms with van der Waals surface area (Å²) >= 11 is 0. The second-order valence-corrected chi connectivity index (χ2v) is 0. The smallest absolute Gasteiger partial charge is 1.00 e. The van der Waals surface area contributed by atoms with Gasteiger partial charge in [0.1, 0.15) is 0 Å². The molecule has 0 fully saturated rings. The van der Waals surface area contributed by atoms with E-state index in [9.17, 15) is 0 Å². The van der Waals surface area contributed by atoms with Gasteiger partial charge in [0.15, 0.2) is 0 Å². The molecule has 4 heteroatoms.